The maximum absolute atomic E-state index is 12.3. The third-order valence-electron chi connectivity index (χ3n) is 4.54. The van der Waals surface area contributed by atoms with E-state index in [2.05, 4.69) is 22.5 Å². The molecule has 0 saturated carbocycles. The summed E-state index contributed by atoms with van der Waals surface area (Å²) < 4.78 is 7.50. The van der Waals surface area contributed by atoms with E-state index < -0.39 is 0 Å². The molecule has 2 aromatic carbocycles. The molecule has 1 aliphatic rings. The molecular formula is C22H21N3O2. The molecule has 0 unspecified atom stereocenters. The molecule has 2 heterocycles. The Balaban J connectivity index is 1.37. The molecule has 1 N–H and O–H groups in total. The molecule has 0 spiro atoms. The molecule has 0 radical (unpaired) electrons. The van der Waals surface area contributed by atoms with Gasteiger partial charge in [0.25, 0.3) is 0 Å². The summed E-state index contributed by atoms with van der Waals surface area (Å²) >= 11 is 0. The van der Waals surface area contributed by atoms with E-state index in [1.807, 2.05) is 53.3 Å². The van der Waals surface area contributed by atoms with Gasteiger partial charge in [0.2, 0.25) is 5.91 Å². The maximum atomic E-state index is 12.3. The smallest absolute Gasteiger partial charge is 0.244 e. The molecule has 4 rings (SSSR count). The van der Waals surface area contributed by atoms with Crippen molar-refractivity contribution in [2.75, 3.05) is 6.61 Å². The van der Waals surface area contributed by atoms with E-state index >= 15 is 0 Å². The van der Waals surface area contributed by atoms with E-state index in [1.165, 1.54) is 5.56 Å². The van der Waals surface area contributed by atoms with Crippen molar-refractivity contribution >= 4 is 12.0 Å². The zero-order valence-electron chi connectivity index (χ0n) is 14.9. The minimum atomic E-state index is -0.118. The van der Waals surface area contributed by atoms with Crippen LogP contribution in [0.4, 0.5) is 0 Å². The van der Waals surface area contributed by atoms with E-state index in [9.17, 15) is 4.79 Å². The van der Waals surface area contributed by atoms with E-state index in [0.29, 0.717) is 13.2 Å². The molecule has 1 aliphatic heterocycles. The first-order valence-corrected chi connectivity index (χ1v) is 9.04. The minimum Gasteiger partial charge on any atom is -0.493 e. The van der Waals surface area contributed by atoms with Gasteiger partial charge in [-0.1, -0.05) is 48.5 Å². The van der Waals surface area contributed by atoms with Crippen LogP contribution < -0.4 is 10.1 Å². The zero-order chi connectivity index (χ0) is 18.5. The first kappa shape index (κ1) is 17.1. The Morgan fingerprint density at radius 2 is 2.00 bits per heavy atom. The van der Waals surface area contributed by atoms with Gasteiger partial charge in [0.1, 0.15) is 5.75 Å². The van der Waals surface area contributed by atoms with Crippen LogP contribution in [0, 0.1) is 0 Å². The average Bonchev–Trinajstić information content (AvgIpc) is 3.15. The van der Waals surface area contributed by atoms with Crippen molar-refractivity contribution in [1.29, 1.82) is 0 Å². The predicted octanol–water partition coefficient (Wildman–Crippen LogP) is 3.58. The van der Waals surface area contributed by atoms with Crippen LogP contribution in [0.2, 0.25) is 0 Å². The SMILES string of the molecule is O=C(/C=C/c1cnn(Cc2ccccc2)c1)N[C@H]1CCOc2ccccc21. The summed E-state index contributed by atoms with van der Waals surface area (Å²) in [7, 11) is 0. The molecular weight excluding hydrogens is 338 g/mol. The van der Waals surface area contributed by atoms with Crippen molar-refractivity contribution in [3.63, 3.8) is 0 Å². The van der Waals surface area contributed by atoms with Crippen LogP contribution >= 0.6 is 0 Å². The summed E-state index contributed by atoms with van der Waals surface area (Å²) in [5.74, 6) is 0.729. The highest BCUT2D eigenvalue weighted by atomic mass is 16.5. The van der Waals surface area contributed by atoms with Gasteiger partial charge in [-0.3, -0.25) is 9.48 Å². The van der Waals surface area contributed by atoms with Crippen molar-refractivity contribution in [2.45, 2.75) is 19.0 Å². The van der Waals surface area contributed by atoms with Crippen LogP contribution in [0.25, 0.3) is 6.08 Å². The molecule has 0 fully saturated rings. The number of nitrogens with zero attached hydrogens (tertiary/aromatic N) is 2. The highest BCUT2D eigenvalue weighted by Gasteiger charge is 2.21. The molecule has 136 valence electrons. The number of ether oxygens (including phenoxy) is 1. The maximum Gasteiger partial charge on any atom is 0.244 e. The number of rotatable bonds is 5. The summed E-state index contributed by atoms with van der Waals surface area (Å²) in [6, 6.07) is 18.0. The Bertz CT molecular complexity index is 947. The largest absolute Gasteiger partial charge is 0.493 e. The fraction of sp³-hybridized carbons (Fsp3) is 0.182. The first-order chi connectivity index (χ1) is 13.3. The van der Waals surface area contributed by atoms with Gasteiger partial charge in [0.05, 0.1) is 25.4 Å². The number of nitrogens with one attached hydrogen (secondary N) is 1. The number of amides is 1. The van der Waals surface area contributed by atoms with Gasteiger partial charge in [-0.2, -0.15) is 5.10 Å². The van der Waals surface area contributed by atoms with Gasteiger partial charge in [0, 0.05) is 29.8 Å². The molecule has 3 aromatic rings. The van der Waals surface area contributed by atoms with E-state index in [1.54, 1.807) is 18.3 Å². The number of carbonyl (C=O) groups is 1. The molecule has 5 heteroatoms. The van der Waals surface area contributed by atoms with Crippen molar-refractivity contribution in [2.24, 2.45) is 0 Å². The molecule has 0 saturated heterocycles. The number of hydrogen-bond donors (Lipinski definition) is 1. The predicted molar refractivity (Wildman–Crippen MR) is 104 cm³/mol. The first-order valence-electron chi connectivity index (χ1n) is 9.04. The number of hydrogen-bond acceptors (Lipinski definition) is 3. The molecule has 1 aromatic heterocycles. The Kier molecular flexibility index (Phi) is 5.01. The van der Waals surface area contributed by atoms with Gasteiger partial charge in [-0.25, -0.2) is 0 Å². The summed E-state index contributed by atoms with van der Waals surface area (Å²) in [4.78, 5) is 12.3. The second kappa shape index (κ2) is 7.91. The van der Waals surface area contributed by atoms with Crippen LogP contribution in [0.15, 0.2) is 73.1 Å². The number of para-hydroxylation sites is 1. The third kappa shape index (κ3) is 4.26. The lowest BCUT2D eigenvalue weighted by Gasteiger charge is -2.26. The molecule has 5 nitrogen and oxygen atoms in total. The van der Waals surface area contributed by atoms with E-state index in [-0.39, 0.29) is 11.9 Å². The van der Waals surface area contributed by atoms with Crippen LogP contribution in [0.3, 0.4) is 0 Å². The monoisotopic (exact) mass is 359 g/mol. The summed E-state index contributed by atoms with van der Waals surface area (Å²) in [6.07, 6.45) is 7.81. The fourth-order valence-corrected chi connectivity index (χ4v) is 3.21. The number of carbonyl (C=O) groups excluding carboxylic acids is 1. The number of fused-ring (bicyclic) bond motifs is 1. The van der Waals surface area contributed by atoms with Gasteiger partial charge in [-0.05, 0) is 17.7 Å². The van der Waals surface area contributed by atoms with Gasteiger partial charge in [-0.15, -0.1) is 0 Å². The van der Waals surface area contributed by atoms with Crippen molar-refractivity contribution in [3.8, 4) is 5.75 Å². The Labute approximate surface area is 158 Å². The lowest BCUT2D eigenvalue weighted by molar-refractivity contribution is -0.117. The Morgan fingerprint density at radius 3 is 2.89 bits per heavy atom. The molecule has 1 atom stereocenters. The van der Waals surface area contributed by atoms with Crippen molar-refractivity contribution < 1.29 is 9.53 Å². The number of benzene rings is 2. The quantitative estimate of drug-likeness (QED) is 0.709. The molecule has 1 amide bonds. The average molecular weight is 359 g/mol. The van der Waals surface area contributed by atoms with E-state index in [0.717, 1.165) is 23.3 Å². The molecule has 0 bridgehead atoms. The second-order valence-corrected chi connectivity index (χ2v) is 6.53. The summed E-state index contributed by atoms with van der Waals surface area (Å²) in [6.45, 7) is 1.32. The van der Waals surface area contributed by atoms with Crippen molar-refractivity contribution in [1.82, 2.24) is 15.1 Å². The Hall–Kier alpha value is -3.34. The van der Waals surface area contributed by atoms with E-state index in [4.69, 9.17) is 4.74 Å². The van der Waals surface area contributed by atoms with Crippen molar-refractivity contribution in [3.05, 3.63) is 89.8 Å². The molecule has 27 heavy (non-hydrogen) atoms. The van der Waals surface area contributed by atoms with Crippen LogP contribution in [0.1, 0.15) is 29.2 Å². The lowest BCUT2D eigenvalue weighted by Crippen LogP contribution is -2.30. The summed E-state index contributed by atoms with van der Waals surface area (Å²) in [5, 5.41) is 7.41. The minimum absolute atomic E-state index is 0.0205. The summed E-state index contributed by atoms with van der Waals surface area (Å²) in [5.41, 5.74) is 3.11. The number of aromatic nitrogens is 2. The standard InChI is InChI=1S/C22H21N3O2/c26-22(24-20-12-13-27-21-9-5-4-8-19(20)21)11-10-18-14-23-25(16-18)15-17-6-2-1-3-7-17/h1-11,14,16,20H,12-13,15H2,(H,24,26)/b11-10+/t20-/m0/s1. The highest BCUT2D eigenvalue weighted by molar-refractivity contribution is 5.92. The molecule has 0 aliphatic carbocycles. The lowest BCUT2D eigenvalue weighted by atomic mass is 10.0. The van der Waals surface area contributed by atoms with Crippen LogP contribution in [-0.4, -0.2) is 22.3 Å². The highest BCUT2D eigenvalue weighted by Crippen LogP contribution is 2.31. The normalized spacial score (nSPS) is 15.9. The fourth-order valence-electron chi connectivity index (χ4n) is 3.21. The Morgan fingerprint density at radius 1 is 1.19 bits per heavy atom. The van der Waals surface area contributed by atoms with Gasteiger partial charge < -0.3 is 10.1 Å². The van der Waals surface area contributed by atoms with Crippen LogP contribution in [-0.2, 0) is 11.3 Å². The van der Waals surface area contributed by atoms with Gasteiger partial charge in [0.15, 0.2) is 0 Å². The topological polar surface area (TPSA) is 56.2 Å². The third-order valence-corrected chi connectivity index (χ3v) is 4.54. The zero-order valence-corrected chi connectivity index (χ0v) is 14.9. The van der Waals surface area contributed by atoms with Crippen LogP contribution in [0.5, 0.6) is 5.75 Å². The second-order valence-electron chi connectivity index (χ2n) is 6.53. The van der Waals surface area contributed by atoms with Gasteiger partial charge >= 0.3 is 0 Å².